The lowest BCUT2D eigenvalue weighted by Crippen LogP contribution is -2.50. The van der Waals surface area contributed by atoms with Crippen molar-refractivity contribution in [2.24, 2.45) is 12.0 Å². The fourth-order valence-electron chi connectivity index (χ4n) is 3.40. The molecule has 0 radical (unpaired) electrons. The van der Waals surface area contributed by atoms with Crippen molar-refractivity contribution in [3.63, 3.8) is 0 Å². The highest BCUT2D eigenvalue weighted by molar-refractivity contribution is 14.0. The first-order valence-corrected chi connectivity index (χ1v) is 9.13. The van der Waals surface area contributed by atoms with E-state index in [1.807, 2.05) is 11.8 Å². The van der Waals surface area contributed by atoms with Gasteiger partial charge in [0, 0.05) is 38.9 Å². The van der Waals surface area contributed by atoms with Gasteiger partial charge in [-0.3, -0.25) is 9.67 Å². The van der Waals surface area contributed by atoms with Crippen molar-refractivity contribution in [1.82, 2.24) is 20.0 Å². The third-order valence-corrected chi connectivity index (χ3v) is 4.62. The molecule has 2 aromatic rings. The molecule has 0 saturated carbocycles. The Labute approximate surface area is 189 Å². The average Bonchev–Trinajstić information content (AvgIpc) is 3.03. The van der Waals surface area contributed by atoms with E-state index in [0.29, 0.717) is 19.0 Å². The summed E-state index contributed by atoms with van der Waals surface area (Å²) in [6.45, 7) is 2.80. The number of guanidine groups is 1. The monoisotopic (exact) mass is 541 g/mol. The van der Waals surface area contributed by atoms with Gasteiger partial charge in [0.15, 0.2) is 11.7 Å². The predicted molar refractivity (Wildman–Crippen MR) is 115 cm³/mol. The number of aliphatic imine (C=N–C) groups is 1. The first-order valence-electron chi connectivity index (χ1n) is 9.13. The minimum atomic E-state index is -4.52. The molecule has 3 rings (SSSR count). The maximum absolute atomic E-state index is 13.2. The van der Waals surface area contributed by atoms with Crippen molar-refractivity contribution in [2.45, 2.75) is 31.9 Å². The van der Waals surface area contributed by atoms with Gasteiger partial charge in [0.05, 0.1) is 12.6 Å². The van der Waals surface area contributed by atoms with Crippen molar-refractivity contribution >= 4 is 29.9 Å². The van der Waals surface area contributed by atoms with E-state index in [-0.39, 0.29) is 54.1 Å². The molecule has 0 spiro atoms. The Bertz CT molecular complexity index is 869. The highest BCUT2D eigenvalue weighted by Gasteiger charge is 2.37. The van der Waals surface area contributed by atoms with Crippen LogP contribution in [0.3, 0.4) is 0 Å². The summed E-state index contributed by atoms with van der Waals surface area (Å²) in [5.41, 5.74) is -0.0509. The van der Waals surface area contributed by atoms with E-state index in [0.717, 1.165) is 10.2 Å². The molecular weight excluding hydrogens is 517 g/mol. The molecule has 6 nitrogen and oxygen atoms in total. The molecule has 2 unspecified atom stereocenters. The molecule has 1 saturated heterocycles. The average molecular weight is 541 g/mol. The van der Waals surface area contributed by atoms with Crippen LogP contribution in [0.4, 0.5) is 17.6 Å². The lowest BCUT2D eigenvalue weighted by atomic mass is 10.1. The molecule has 1 N–H and O–H groups in total. The van der Waals surface area contributed by atoms with Crippen LogP contribution in [-0.2, 0) is 24.5 Å². The van der Waals surface area contributed by atoms with Gasteiger partial charge >= 0.3 is 6.18 Å². The minimum absolute atomic E-state index is 0. The number of aromatic nitrogens is 2. The molecule has 0 aliphatic carbocycles. The molecule has 30 heavy (non-hydrogen) atoms. The zero-order chi connectivity index (χ0) is 21.2. The first-order chi connectivity index (χ1) is 13.7. The highest BCUT2D eigenvalue weighted by atomic mass is 127. The topological polar surface area (TPSA) is 54.7 Å². The summed E-state index contributed by atoms with van der Waals surface area (Å²) in [5.74, 6) is 0.133. The lowest BCUT2D eigenvalue weighted by molar-refractivity contribution is -0.142. The second kappa shape index (κ2) is 9.94. The van der Waals surface area contributed by atoms with Crippen molar-refractivity contribution in [3.05, 3.63) is 53.1 Å². The van der Waals surface area contributed by atoms with E-state index < -0.39 is 11.9 Å². The summed E-state index contributed by atoms with van der Waals surface area (Å²) in [7, 11) is 3.02. The van der Waals surface area contributed by atoms with Gasteiger partial charge in [0.1, 0.15) is 11.9 Å². The number of nitrogens with one attached hydrogen (secondary N) is 1. The Morgan fingerprint density at radius 1 is 1.27 bits per heavy atom. The van der Waals surface area contributed by atoms with Crippen LogP contribution in [0.15, 0.2) is 35.5 Å². The van der Waals surface area contributed by atoms with Crippen LogP contribution in [0.2, 0.25) is 0 Å². The second-order valence-electron chi connectivity index (χ2n) is 6.97. The summed E-state index contributed by atoms with van der Waals surface area (Å²) in [5, 5.41) is 6.51. The van der Waals surface area contributed by atoms with Gasteiger partial charge in [-0.05, 0) is 24.6 Å². The predicted octanol–water partition coefficient (Wildman–Crippen LogP) is 3.73. The van der Waals surface area contributed by atoms with Gasteiger partial charge < -0.3 is 15.0 Å². The van der Waals surface area contributed by atoms with E-state index in [1.165, 1.54) is 25.4 Å². The number of hydrogen-bond donors (Lipinski definition) is 1. The quantitative estimate of drug-likeness (QED) is 0.279. The number of hydrogen-bond acceptors (Lipinski definition) is 3. The van der Waals surface area contributed by atoms with Gasteiger partial charge in [-0.2, -0.15) is 18.3 Å². The smallest absolute Gasteiger partial charge is 0.367 e. The summed E-state index contributed by atoms with van der Waals surface area (Å²) in [6.07, 6.45) is -3.63. The van der Waals surface area contributed by atoms with Gasteiger partial charge in [-0.1, -0.05) is 12.1 Å². The zero-order valence-corrected chi connectivity index (χ0v) is 19.1. The summed E-state index contributed by atoms with van der Waals surface area (Å²) >= 11 is 0. The minimum Gasteiger partial charge on any atom is -0.367 e. The normalized spacial score (nSPS) is 20.1. The van der Waals surface area contributed by atoms with Gasteiger partial charge in [0.25, 0.3) is 0 Å². The van der Waals surface area contributed by atoms with E-state index in [9.17, 15) is 17.6 Å². The Morgan fingerprint density at radius 3 is 2.53 bits per heavy atom. The molecule has 166 valence electrons. The molecule has 2 heterocycles. The Morgan fingerprint density at radius 2 is 1.93 bits per heavy atom. The molecule has 0 bridgehead atoms. The van der Waals surface area contributed by atoms with Crippen LogP contribution >= 0.6 is 24.0 Å². The van der Waals surface area contributed by atoms with Crippen LogP contribution in [0, 0.1) is 5.82 Å². The van der Waals surface area contributed by atoms with E-state index in [4.69, 9.17) is 4.74 Å². The maximum atomic E-state index is 13.2. The summed E-state index contributed by atoms with van der Waals surface area (Å²) < 4.78 is 59.8. The molecule has 1 aromatic heterocycles. The van der Waals surface area contributed by atoms with Gasteiger partial charge in [0.2, 0.25) is 0 Å². The molecule has 2 atom stereocenters. The van der Waals surface area contributed by atoms with Crippen LogP contribution < -0.4 is 5.32 Å². The molecule has 1 aliphatic rings. The molecule has 0 amide bonds. The van der Waals surface area contributed by atoms with E-state index in [1.54, 1.807) is 19.2 Å². The second-order valence-corrected chi connectivity index (χ2v) is 6.97. The third kappa shape index (κ3) is 5.84. The van der Waals surface area contributed by atoms with Gasteiger partial charge in [-0.25, -0.2) is 4.39 Å². The number of alkyl halides is 3. The lowest BCUT2D eigenvalue weighted by Gasteiger charge is -2.38. The maximum Gasteiger partial charge on any atom is 0.435 e. The number of benzene rings is 1. The third-order valence-electron chi connectivity index (χ3n) is 4.62. The Balaban J connectivity index is 0.00000320. The van der Waals surface area contributed by atoms with Crippen molar-refractivity contribution < 1.29 is 22.3 Å². The number of nitrogens with zero attached hydrogens (tertiary/aromatic N) is 4. The number of ether oxygens (including phenoxy) is 1. The largest absolute Gasteiger partial charge is 0.435 e. The molecule has 1 aromatic carbocycles. The number of morpholine rings is 1. The molecule has 11 heteroatoms. The molecule has 1 fully saturated rings. The zero-order valence-electron chi connectivity index (χ0n) is 16.8. The fourth-order valence-corrected chi connectivity index (χ4v) is 3.40. The summed E-state index contributed by atoms with van der Waals surface area (Å²) in [4.78, 5) is 6.13. The molecule has 1 aliphatic heterocycles. The first kappa shape index (κ1) is 24.4. The van der Waals surface area contributed by atoms with Gasteiger partial charge in [-0.15, -0.1) is 24.0 Å². The van der Waals surface area contributed by atoms with Crippen LogP contribution in [0.5, 0.6) is 0 Å². The van der Waals surface area contributed by atoms with Crippen LogP contribution in [0.1, 0.15) is 29.8 Å². The Kier molecular flexibility index (Phi) is 8.08. The SMILES string of the molecule is CN=C(NCc1cn(C)nc1C(F)(F)F)N1CC(C)OC(c2ccc(F)cc2)C1.I. The van der Waals surface area contributed by atoms with E-state index >= 15 is 0 Å². The highest BCUT2D eigenvalue weighted by Crippen LogP contribution is 2.30. The fraction of sp³-hybridized carbons (Fsp3) is 0.474. The number of rotatable bonds is 3. The Hall–Kier alpha value is -1.89. The van der Waals surface area contributed by atoms with Crippen LogP contribution in [0.25, 0.3) is 0 Å². The number of halogens is 5. The number of aryl methyl sites for hydroxylation is 1. The van der Waals surface area contributed by atoms with E-state index in [2.05, 4.69) is 15.4 Å². The van der Waals surface area contributed by atoms with Crippen molar-refractivity contribution in [3.8, 4) is 0 Å². The van der Waals surface area contributed by atoms with Crippen molar-refractivity contribution in [1.29, 1.82) is 0 Å². The van der Waals surface area contributed by atoms with Crippen LogP contribution in [-0.4, -0.2) is 46.9 Å². The van der Waals surface area contributed by atoms with Crippen molar-refractivity contribution in [2.75, 3.05) is 20.1 Å². The standard InChI is InChI=1S/C19H23F4N5O.HI/c1-12-9-28(11-16(29-12)13-4-6-15(20)7-5-13)18(24-2)25-8-14-10-27(3)26-17(14)19(21,22)23;/h4-7,10,12,16H,8-9,11H2,1-3H3,(H,24,25);1H. The summed E-state index contributed by atoms with van der Waals surface area (Å²) in [6, 6.07) is 6.07. The molecular formula is C19H24F4IN5O.